The van der Waals surface area contributed by atoms with Crippen molar-refractivity contribution in [1.29, 1.82) is 0 Å². The molecular weight excluding hydrogens is 750 g/mol. The van der Waals surface area contributed by atoms with Crippen molar-refractivity contribution in [2.45, 2.75) is 225 Å². The number of likely N-dealkylation sites (N-methyl/N-ethyl adjacent to an activating group) is 1. The van der Waals surface area contributed by atoms with Gasteiger partial charge in [-0.3, -0.25) is 18.6 Å². The standard InChI is InChI=1S/C48H92NO8P/c1-6-8-10-12-14-16-18-20-22-23-24-25-27-28-30-32-34-36-38-40-47(50)54-44-46(45-56-58(52,53)55-43-42-49(3,4)5)57-48(51)41-39-37-35-33-31-29-26-21-19-17-15-13-11-9-7-2/h21,26,31,33,46H,6-20,22-25,27-30,32,34-45H2,1-5H3/p+1/b26-21+,33-31+/t46-/m1/s1. The molecule has 0 heterocycles. The molecule has 0 bridgehead atoms. The van der Waals surface area contributed by atoms with Gasteiger partial charge >= 0.3 is 19.8 Å². The highest BCUT2D eigenvalue weighted by Crippen LogP contribution is 2.43. The zero-order chi connectivity index (χ0) is 42.8. The van der Waals surface area contributed by atoms with E-state index in [1.807, 2.05) is 21.1 Å². The number of quaternary nitrogens is 1. The molecule has 0 aliphatic rings. The summed E-state index contributed by atoms with van der Waals surface area (Å²) in [7, 11) is 1.46. The number of allylic oxidation sites excluding steroid dienone is 4. The average molecular weight is 843 g/mol. The van der Waals surface area contributed by atoms with Crippen LogP contribution in [0, 0.1) is 0 Å². The first-order valence-corrected chi connectivity index (χ1v) is 25.6. The van der Waals surface area contributed by atoms with Crippen LogP contribution in [-0.4, -0.2) is 74.9 Å². The summed E-state index contributed by atoms with van der Waals surface area (Å²) in [6.45, 7) is 4.41. The second-order valence-electron chi connectivity index (χ2n) is 17.5. The summed E-state index contributed by atoms with van der Waals surface area (Å²) in [6, 6.07) is 0. The van der Waals surface area contributed by atoms with Crippen LogP contribution < -0.4 is 0 Å². The molecule has 58 heavy (non-hydrogen) atoms. The SMILES string of the molecule is CCCCCCCC/C=C/C/C=C/CCCCC(=O)O[C@H](COC(=O)CCCCCCCCCCCCCCCCCCCCC)COP(=O)(O)OCC[N+](C)(C)C. The summed E-state index contributed by atoms with van der Waals surface area (Å²) < 4.78 is 34.3. The van der Waals surface area contributed by atoms with Crippen LogP contribution in [0.15, 0.2) is 24.3 Å². The van der Waals surface area contributed by atoms with E-state index in [0.29, 0.717) is 17.4 Å². The number of unbranched alkanes of at least 4 members (excludes halogenated alkanes) is 26. The minimum Gasteiger partial charge on any atom is -0.462 e. The van der Waals surface area contributed by atoms with E-state index in [1.54, 1.807) is 0 Å². The van der Waals surface area contributed by atoms with Gasteiger partial charge in [0.2, 0.25) is 0 Å². The Morgan fingerprint density at radius 3 is 1.40 bits per heavy atom. The van der Waals surface area contributed by atoms with Gasteiger partial charge < -0.3 is 18.9 Å². The third-order valence-corrected chi connectivity index (χ3v) is 11.5. The predicted molar refractivity (Wildman–Crippen MR) is 243 cm³/mol. The number of hydrogen-bond donors (Lipinski definition) is 1. The third-order valence-electron chi connectivity index (χ3n) is 10.5. The topological polar surface area (TPSA) is 108 Å². The van der Waals surface area contributed by atoms with Crippen molar-refractivity contribution in [3.8, 4) is 0 Å². The van der Waals surface area contributed by atoms with E-state index in [1.165, 1.54) is 141 Å². The first-order chi connectivity index (χ1) is 28.0. The summed E-state index contributed by atoms with van der Waals surface area (Å²) in [5.41, 5.74) is 0. The number of esters is 2. The van der Waals surface area contributed by atoms with Crippen molar-refractivity contribution in [3.63, 3.8) is 0 Å². The van der Waals surface area contributed by atoms with Gasteiger partial charge in [-0.1, -0.05) is 186 Å². The van der Waals surface area contributed by atoms with Gasteiger partial charge in [0.05, 0.1) is 27.7 Å². The Bertz CT molecular complexity index is 1040. The summed E-state index contributed by atoms with van der Waals surface area (Å²) in [6.07, 6.45) is 45.2. The van der Waals surface area contributed by atoms with E-state index < -0.39 is 26.5 Å². The minimum absolute atomic E-state index is 0.0279. The smallest absolute Gasteiger partial charge is 0.462 e. The van der Waals surface area contributed by atoms with Crippen LogP contribution in [0.25, 0.3) is 0 Å². The van der Waals surface area contributed by atoms with Crippen LogP contribution in [0.2, 0.25) is 0 Å². The third kappa shape index (κ3) is 44.1. The Balaban J connectivity index is 4.30. The van der Waals surface area contributed by atoms with Crippen molar-refractivity contribution >= 4 is 19.8 Å². The van der Waals surface area contributed by atoms with Crippen molar-refractivity contribution in [1.82, 2.24) is 0 Å². The molecule has 1 N–H and O–H groups in total. The molecule has 10 heteroatoms. The van der Waals surface area contributed by atoms with E-state index in [-0.39, 0.29) is 32.0 Å². The largest absolute Gasteiger partial charge is 0.472 e. The lowest BCUT2D eigenvalue weighted by atomic mass is 10.0. The van der Waals surface area contributed by atoms with Gasteiger partial charge in [-0.05, 0) is 44.9 Å². The molecule has 0 fully saturated rings. The Kier molecular flexibility index (Phi) is 39.8. The Labute approximate surface area is 358 Å². The fourth-order valence-electron chi connectivity index (χ4n) is 6.69. The molecule has 0 saturated heterocycles. The molecule has 342 valence electrons. The molecule has 0 aromatic rings. The van der Waals surface area contributed by atoms with Crippen LogP contribution in [0.5, 0.6) is 0 Å². The molecule has 0 aromatic heterocycles. The van der Waals surface area contributed by atoms with Gasteiger partial charge in [0.25, 0.3) is 0 Å². The minimum atomic E-state index is -4.38. The van der Waals surface area contributed by atoms with Gasteiger partial charge in [-0.15, -0.1) is 0 Å². The Morgan fingerprint density at radius 2 is 0.931 bits per heavy atom. The van der Waals surface area contributed by atoms with E-state index in [2.05, 4.69) is 38.2 Å². The summed E-state index contributed by atoms with van der Waals surface area (Å²) in [5, 5.41) is 0. The molecule has 0 amide bonds. The van der Waals surface area contributed by atoms with Gasteiger partial charge in [0, 0.05) is 12.8 Å². The molecule has 0 spiro atoms. The molecule has 0 radical (unpaired) electrons. The zero-order valence-corrected chi connectivity index (χ0v) is 39.4. The average Bonchev–Trinajstić information content (AvgIpc) is 3.17. The fourth-order valence-corrected chi connectivity index (χ4v) is 7.43. The van der Waals surface area contributed by atoms with Crippen molar-refractivity contribution in [2.75, 3.05) is 47.5 Å². The number of carbonyl (C=O) groups excluding carboxylic acids is 2. The van der Waals surface area contributed by atoms with Crippen LogP contribution in [-0.2, 0) is 32.7 Å². The number of ether oxygens (including phenoxy) is 2. The maximum absolute atomic E-state index is 12.7. The number of phosphoric acid groups is 1. The molecule has 2 atom stereocenters. The maximum atomic E-state index is 12.7. The first-order valence-electron chi connectivity index (χ1n) is 24.1. The molecular formula is C48H93NO8P+. The van der Waals surface area contributed by atoms with Crippen LogP contribution >= 0.6 is 7.82 Å². The Hall–Kier alpha value is -1.51. The molecule has 9 nitrogen and oxygen atoms in total. The first kappa shape index (κ1) is 56.5. The van der Waals surface area contributed by atoms with E-state index in [4.69, 9.17) is 18.5 Å². The summed E-state index contributed by atoms with van der Waals surface area (Å²) >= 11 is 0. The molecule has 0 saturated carbocycles. The number of carbonyl (C=O) groups is 2. The lowest BCUT2D eigenvalue weighted by Crippen LogP contribution is -2.37. The fraction of sp³-hybridized carbons (Fsp3) is 0.875. The molecule has 0 aliphatic carbocycles. The monoisotopic (exact) mass is 843 g/mol. The quantitative estimate of drug-likeness (QED) is 0.0212. The molecule has 0 aliphatic heterocycles. The van der Waals surface area contributed by atoms with E-state index in [9.17, 15) is 19.0 Å². The van der Waals surface area contributed by atoms with Gasteiger partial charge in [0.1, 0.15) is 19.8 Å². The molecule has 0 aromatic carbocycles. The predicted octanol–water partition coefficient (Wildman–Crippen LogP) is 13.9. The maximum Gasteiger partial charge on any atom is 0.472 e. The molecule has 1 unspecified atom stereocenters. The van der Waals surface area contributed by atoms with Crippen LogP contribution in [0.3, 0.4) is 0 Å². The van der Waals surface area contributed by atoms with Gasteiger partial charge in [-0.25, -0.2) is 4.57 Å². The normalized spacial score (nSPS) is 13.7. The van der Waals surface area contributed by atoms with Crippen LogP contribution in [0.1, 0.15) is 219 Å². The lowest BCUT2D eigenvalue weighted by Gasteiger charge is -2.24. The van der Waals surface area contributed by atoms with Crippen molar-refractivity contribution in [2.24, 2.45) is 0 Å². The number of hydrogen-bond acceptors (Lipinski definition) is 7. The van der Waals surface area contributed by atoms with Crippen molar-refractivity contribution < 1.29 is 42.1 Å². The summed E-state index contributed by atoms with van der Waals surface area (Å²) in [4.78, 5) is 35.4. The Morgan fingerprint density at radius 1 is 0.534 bits per heavy atom. The second-order valence-corrected chi connectivity index (χ2v) is 19.0. The van der Waals surface area contributed by atoms with E-state index in [0.717, 1.165) is 44.9 Å². The van der Waals surface area contributed by atoms with Crippen molar-refractivity contribution in [3.05, 3.63) is 24.3 Å². The lowest BCUT2D eigenvalue weighted by molar-refractivity contribution is -0.870. The number of rotatable bonds is 44. The zero-order valence-electron chi connectivity index (χ0n) is 38.5. The molecule has 0 rings (SSSR count). The van der Waals surface area contributed by atoms with Gasteiger partial charge in [0.15, 0.2) is 6.10 Å². The highest BCUT2D eigenvalue weighted by Gasteiger charge is 2.27. The number of phosphoric ester groups is 1. The van der Waals surface area contributed by atoms with Gasteiger partial charge in [-0.2, -0.15) is 0 Å². The highest BCUT2D eigenvalue weighted by atomic mass is 31.2. The van der Waals surface area contributed by atoms with Crippen LogP contribution in [0.4, 0.5) is 0 Å². The number of nitrogens with zero attached hydrogens (tertiary/aromatic N) is 1. The summed E-state index contributed by atoms with van der Waals surface area (Å²) in [5.74, 6) is -0.827. The second kappa shape index (κ2) is 40.9. The van der Waals surface area contributed by atoms with E-state index >= 15 is 0 Å². The highest BCUT2D eigenvalue weighted by molar-refractivity contribution is 7.47.